The molecule has 1 aromatic heterocycles. The van der Waals surface area contributed by atoms with Gasteiger partial charge in [0.1, 0.15) is 0 Å². The molecule has 2 aromatic rings. The van der Waals surface area contributed by atoms with Crippen molar-refractivity contribution in [2.75, 3.05) is 44.1 Å². The number of benzene rings is 1. The minimum atomic E-state index is 0.684. The van der Waals surface area contributed by atoms with Crippen molar-refractivity contribution < 1.29 is 4.74 Å². The minimum absolute atomic E-state index is 0.684. The van der Waals surface area contributed by atoms with E-state index in [1.807, 2.05) is 18.5 Å². The number of aromatic nitrogens is 2. The number of aryl methyl sites for hydroxylation is 1. The lowest BCUT2D eigenvalue weighted by Crippen LogP contribution is -2.20. The highest BCUT2D eigenvalue weighted by Crippen LogP contribution is 2.12. The van der Waals surface area contributed by atoms with Gasteiger partial charge < -0.3 is 19.5 Å². The smallest absolute Gasteiger partial charge is 0.202 e. The molecule has 0 saturated heterocycles. The number of methoxy groups -OCH3 is 1. The van der Waals surface area contributed by atoms with Crippen molar-refractivity contribution in [1.82, 2.24) is 9.55 Å². The Hall–Kier alpha value is -2.01. The molecule has 0 saturated carbocycles. The van der Waals surface area contributed by atoms with E-state index in [4.69, 9.17) is 4.74 Å². The SMILES string of the molecule is COCCNc1nccn1CCCN(C)c1ccccc1. The summed E-state index contributed by atoms with van der Waals surface area (Å²) in [6.07, 6.45) is 4.91. The van der Waals surface area contributed by atoms with Crippen LogP contribution in [0.1, 0.15) is 6.42 Å². The largest absolute Gasteiger partial charge is 0.383 e. The fourth-order valence-corrected chi connectivity index (χ4v) is 2.21. The predicted molar refractivity (Wildman–Crippen MR) is 86.9 cm³/mol. The molecule has 0 amide bonds. The van der Waals surface area contributed by atoms with E-state index in [9.17, 15) is 0 Å². The first-order valence-electron chi connectivity index (χ1n) is 7.31. The van der Waals surface area contributed by atoms with Crippen LogP contribution < -0.4 is 10.2 Å². The second-order valence-corrected chi connectivity index (χ2v) is 4.97. The normalized spacial score (nSPS) is 10.6. The molecular weight excluding hydrogens is 264 g/mol. The Kier molecular flexibility index (Phi) is 6.09. The number of imidazole rings is 1. The van der Waals surface area contributed by atoms with Crippen molar-refractivity contribution in [3.05, 3.63) is 42.7 Å². The van der Waals surface area contributed by atoms with E-state index in [1.54, 1.807) is 7.11 Å². The lowest BCUT2D eigenvalue weighted by atomic mass is 10.3. The summed E-state index contributed by atoms with van der Waals surface area (Å²) in [6.45, 7) is 3.42. The Labute approximate surface area is 126 Å². The lowest BCUT2D eigenvalue weighted by Gasteiger charge is -2.19. The van der Waals surface area contributed by atoms with Gasteiger partial charge >= 0.3 is 0 Å². The van der Waals surface area contributed by atoms with Crippen LogP contribution >= 0.6 is 0 Å². The zero-order chi connectivity index (χ0) is 14.9. The Morgan fingerprint density at radius 1 is 1.29 bits per heavy atom. The Balaban J connectivity index is 1.77. The molecule has 0 aliphatic carbocycles. The van der Waals surface area contributed by atoms with E-state index in [1.165, 1.54) is 5.69 Å². The summed E-state index contributed by atoms with van der Waals surface area (Å²) < 4.78 is 7.18. The molecule has 5 nitrogen and oxygen atoms in total. The maximum Gasteiger partial charge on any atom is 0.202 e. The fraction of sp³-hybridized carbons (Fsp3) is 0.438. The lowest BCUT2D eigenvalue weighted by molar-refractivity contribution is 0.210. The number of nitrogens with zero attached hydrogens (tertiary/aromatic N) is 3. The molecule has 0 radical (unpaired) electrons. The van der Waals surface area contributed by atoms with E-state index in [-0.39, 0.29) is 0 Å². The fourth-order valence-electron chi connectivity index (χ4n) is 2.21. The first-order chi connectivity index (χ1) is 10.3. The van der Waals surface area contributed by atoms with Crippen LogP contribution in [0.25, 0.3) is 0 Å². The van der Waals surface area contributed by atoms with Crippen LogP contribution in [-0.2, 0) is 11.3 Å². The molecular formula is C16H24N4O. The number of nitrogens with one attached hydrogen (secondary N) is 1. The highest BCUT2D eigenvalue weighted by atomic mass is 16.5. The van der Waals surface area contributed by atoms with Crippen LogP contribution in [0.4, 0.5) is 11.6 Å². The second kappa shape index (κ2) is 8.32. The monoisotopic (exact) mass is 288 g/mol. The predicted octanol–water partition coefficient (Wildman–Crippen LogP) is 2.47. The third-order valence-corrected chi connectivity index (χ3v) is 3.39. The van der Waals surface area contributed by atoms with E-state index in [0.29, 0.717) is 6.61 Å². The van der Waals surface area contributed by atoms with Gasteiger partial charge in [-0.2, -0.15) is 0 Å². The highest BCUT2D eigenvalue weighted by molar-refractivity contribution is 5.44. The van der Waals surface area contributed by atoms with Crippen molar-refractivity contribution >= 4 is 11.6 Å². The number of ether oxygens (including phenoxy) is 1. The number of anilines is 2. The highest BCUT2D eigenvalue weighted by Gasteiger charge is 2.03. The molecule has 1 heterocycles. The summed E-state index contributed by atoms with van der Waals surface area (Å²) in [7, 11) is 3.83. The Morgan fingerprint density at radius 2 is 2.10 bits per heavy atom. The van der Waals surface area contributed by atoms with Crippen LogP contribution in [0, 0.1) is 0 Å². The van der Waals surface area contributed by atoms with Crippen molar-refractivity contribution in [3.8, 4) is 0 Å². The summed E-state index contributed by atoms with van der Waals surface area (Å²) in [6, 6.07) is 10.4. The van der Waals surface area contributed by atoms with Gasteiger partial charge in [0.15, 0.2) is 0 Å². The third kappa shape index (κ3) is 4.79. The molecule has 1 aromatic carbocycles. The molecule has 0 bridgehead atoms. The molecule has 0 unspecified atom stereocenters. The molecule has 0 atom stereocenters. The van der Waals surface area contributed by atoms with Gasteiger partial charge in [0.2, 0.25) is 5.95 Å². The van der Waals surface area contributed by atoms with Crippen molar-refractivity contribution in [3.63, 3.8) is 0 Å². The average Bonchev–Trinajstić information content (AvgIpc) is 2.96. The molecule has 0 fully saturated rings. The van der Waals surface area contributed by atoms with Crippen LogP contribution in [0.15, 0.2) is 42.7 Å². The van der Waals surface area contributed by atoms with Gasteiger partial charge in [0.25, 0.3) is 0 Å². The summed E-state index contributed by atoms with van der Waals surface area (Å²) >= 11 is 0. The van der Waals surface area contributed by atoms with E-state index < -0.39 is 0 Å². The zero-order valence-corrected chi connectivity index (χ0v) is 12.8. The summed E-state index contributed by atoms with van der Waals surface area (Å²) in [5, 5.41) is 3.28. The quantitative estimate of drug-likeness (QED) is 0.720. The van der Waals surface area contributed by atoms with Gasteiger partial charge in [0, 0.05) is 51.9 Å². The van der Waals surface area contributed by atoms with E-state index in [0.717, 1.165) is 32.0 Å². The first-order valence-corrected chi connectivity index (χ1v) is 7.31. The number of rotatable bonds is 9. The van der Waals surface area contributed by atoms with Gasteiger partial charge in [-0.05, 0) is 18.6 Å². The maximum absolute atomic E-state index is 5.04. The molecule has 0 aliphatic heterocycles. The standard InChI is InChI=1S/C16H24N4O/c1-19(15-7-4-3-5-8-15)11-6-12-20-13-9-17-16(20)18-10-14-21-2/h3-5,7-9,13H,6,10-12,14H2,1-2H3,(H,17,18). The van der Waals surface area contributed by atoms with Crippen molar-refractivity contribution in [1.29, 1.82) is 0 Å². The molecule has 0 spiro atoms. The van der Waals surface area contributed by atoms with Gasteiger partial charge in [-0.25, -0.2) is 4.98 Å². The molecule has 1 N–H and O–H groups in total. The van der Waals surface area contributed by atoms with Crippen LogP contribution in [0.3, 0.4) is 0 Å². The summed E-state index contributed by atoms with van der Waals surface area (Å²) in [5.41, 5.74) is 1.25. The van der Waals surface area contributed by atoms with Crippen LogP contribution in [-0.4, -0.2) is 43.4 Å². The maximum atomic E-state index is 5.04. The van der Waals surface area contributed by atoms with Gasteiger partial charge in [0.05, 0.1) is 6.61 Å². The molecule has 21 heavy (non-hydrogen) atoms. The third-order valence-electron chi connectivity index (χ3n) is 3.39. The first kappa shape index (κ1) is 15.4. The van der Waals surface area contributed by atoms with Crippen LogP contribution in [0.5, 0.6) is 0 Å². The van der Waals surface area contributed by atoms with E-state index >= 15 is 0 Å². The van der Waals surface area contributed by atoms with Gasteiger partial charge in [-0.15, -0.1) is 0 Å². The number of para-hydroxylation sites is 1. The summed E-state index contributed by atoms with van der Waals surface area (Å²) in [4.78, 5) is 6.60. The summed E-state index contributed by atoms with van der Waals surface area (Å²) in [5.74, 6) is 0.911. The van der Waals surface area contributed by atoms with Gasteiger partial charge in [-0.1, -0.05) is 18.2 Å². The van der Waals surface area contributed by atoms with Crippen molar-refractivity contribution in [2.24, 2.45) is 0 Å². The molecule has 2 rings (SSSR count). The molecule has 5 heteroatoms. The zero-order valence-electron chi connectivity index (χ0n) is 12.8. The van der Waals surface area contributed by atoms with Crippen molar-refractivity contribution in [2.45, 2.75) is 13.0 Å². The van der Waals surface area contributed by atoms with E-state index in [2.05, 4.69) is 51.1 Å². The average molecular weight is 288 g/mol. The second-order valence-electron chi connectivity index (χ2n) is 4.97. The van der Waals surface area contributed by atoms with Gasteiger partial charge in [-0.3, -0.25) is 0 Å². The topological polar surface area (TPSA) is 42.3 Å². The number of hydrogen-bond acceptors (Lipinski definition) is 4. The Morgan fingerprint density at radius 3 is 2.86 bits per heavy atom. The number of hydrogen-bond donors (Lipinski definition) is 1. The molecule has 114 valence electrons. The van der Waals surface area contributed by atoms with Crippen LogP contribution in [0.2, 0.25) is 0 Å². The Bertz CT molecular complexity index is 512. The minimum Gasteiger partial charge on any atom is -0.383 e. The molecule has 0 aliphatic rings.